The zero-order valence-corrected chi connectivity index (χ0v) is 13.9. The fourth-order valence-electron chi connectivity index (χ4n) is 2.98. The van der Waals surface area contributed by atoms with Crippen LogP contribution in [0.3, 0.4) is 0 Å². The molecule has 1 atom stereocenters. The Morgan fingerprint density at radius 2 is 2.13 bits per heavy atom. The summed E-state index contributed by atoms with van der Waals surface area (Å²) < 4.78 is 0. The van der Waals surface area contributed by atoms with Crippen LogP contribution in [0.4, 0.5) is 11.4 Å². The third-order valence-corrected chi connectivity index (χ3v) is 4.12. The smallest absolute Gasteiger partial charge is 0.277 e. The molecule has 0 bridgehead atoms. The van der Waals surface area contributed by atoms with Gasteiger partial charge in [0, 0.05) is 30.2 Å². The summed E-state index contributed by atoms with van der Waals surface area (Å²) in [6.07, 6.45) is 2.59. The fourth-order valence-corrected chi connectivity index (χ4v) is 2.98. The van der Waals surface area contributed by atoms with Crippen LogP contribution in [0.5, 0.6) is 0 Å². The molecule has 1 aromatic heterocycles. The van der Waals surface area contributed by atoms with Gasteiger partial charge in [-0.2, -0.15) is 0 Å². The first-order valence-corrected chi connectivity index (χ1v) is 8.17. The highest BCUT2D eigenvalue weighted by atomic mass is 16.2. The monoisotopic (exact) mass is 309 g/mol. The highest BCUT2D eigenvalue weighted by Gasteiger charge is 2.31. The molecule has 1 amide bonds. The maximum atomic E-state index is 12.9. The fraction of sp³-hybridized carbons (Fsp3) is 0.368. The SMILES string of the molecule is CC(C)CNc1ccnc(C(=O)N2c3ccccc3CC2C)c1. The van der Waals surface area contributed by atoms with Gasteiger partial charge in [-0.15, -0.1) is 0 Å². The molecule has 4 nitrogen and oxygen atoms in total. The molecule has 0 saturated carbocycles. The molecule has 1 aliphatic rings. The predicted octanol–water partition coefficient (Wildman–Crippen LogP) is 3.74. The number of amides is 1. The van der Waals surface area contributed by atoms with E-state index >= 15 is 0 Å². The molecular formula is C19H23N3O. The maximum Gasteiger partial charge on any atom is 0.277 e. The Balaban J connectivity index is 1.85. The number of carbonyl (C=O) groups excluding carboxylic acids is 1. The average Bonchev–Trinajstić information content (AvgIpc) is 2.88. The number of hydrogen-bond donors (Lipinski definition) is 1. The van der Waals surface area contributed by atoms with E-state index in [0.29, 0.717) is 11.6 Å². The number of nitrogens with one attached hydrogen (secondary N) is 1. The summed E-state index contributed by atoms with van der Waals surface area (Å²) in [6, 6.07) is 12.0. The van der Waals surface area contributed by atoms with E-state index in [1.54, 1.807) is 6.20 Å². The van der Waals surface area contributed by atoms with Crippen molar-refractivity contribution in [2.45, 2.75) is 33.2 Å². The summed E-state index contributed by atoms with van der Waals surface area (Å²) in [5.41, 5.74) is 3.66. The standard InChI is InChI=1S/C19H23N3O/c1-13(2)12-21-16-8-9-20-17(11-16)19(23)22-14(3)10-15-6-4-5-7-18(15)22/h4-9,11,13-14H,10,12H2,1-3H3,(H,20,21). The highest BCUT2D eigenvalue weighted by molar-refractivity contribution is 6.06. The molecule has 1 N–H and O–H groups in total. The Morgan fingerprint density at radius 3 is 2.91 bits per heavy atom. The lowest BCUT2D eigenvalue weighted by atomic mass is 10.1. The molecule has 0 radical (unpaired) electrons. The van der Waals surface area contributed by atoms with Crippen LogP contribution in [-0.4, -0.2) is 23.5 Å². The zero-order valence-electron chi connectivity index (χ0n) is 13.9. The first-order valence-electron chi connectivity index (χ1n) is 8.17. The molecule has 1 aliphatic heterocycles. The first kappa shape index (κ1) is 15.5. The number of pyridine rings is 1. The highest BCUT2D eigenvalue weighted by Crippen LogP contribution is 2.32. The number of carbonyl (C=O) groups is 1. The van der Waals surface area contributed by atoms with E-state index in [4.69, 9.17) is 0 Å². The molecule has 2 aromatic rings. The molecule has 1 aromatic carbocycles. The lowest BCUT2D eigenvalue weighted by Gasteiger charge is -2.22. The number of aromatic nitrogens is 1. The van der Waals surface area contributed by atoms with Crippen molar-refractivity contribution < 1.29 is 4.79 Å². The van der Waals surface area contributed by atoms with Gasteiger partial charge >= 0.3 is 0 Å². The number of benzene rings is 1. The molecule has 0 spiro atoms. The van der Waals surface area contributed by atoms with Crippen LogP contribution in [-0.2, 0) is 6.42 Å². The van der Waals surface area contributed by atoms with Gasteiger partial charge in [-0.05, 0) is 43.0 Å². The van der Waals surface area contributed by atoms with Crippen molar-refractivity contribution in [1.29, 1.82) is 0 Å². The second-order valence-electron chi connectivity index (χ2n) is 6.56. The van der Waals surface area contributed by atoms with E-state index in [1.807, 2.05) is 35.2 Å². The summed E-state index contributed by atoms with van der Waals surface area (Å²) >= 11 is 0. The van der Waals surface area contributed by atoms with E-state index in [0.717, 1.165) is 24.3 Å². The maximum absolute atomic E-state index is 12.9. The third kappa shape index (κ3) is 3.21. The average molecular weight is 309 g/mol. The van der Waals surface area contributed by atoms with E-state index < -0.39 is 0 Å². The largest absolute Gasteiger partial charge is 0.385 e. The van der Waals surface area contributed by atoms with Crippen molar-refractivity contribution >= 4 is 17.3 Å². The van der Waals surface area contributed by atoms with E-state index in [1.165, 1.54) is 5.56 Å². The minimum atomic E-state index is -0.0318. The third-order valence-electron chi connectivity index (χ3n) is 4.12. The van der Waals surface area contributed by atoms with Gasteiger partial charge in [-0.1, -0.05) is 32.0 Å². The number of anilines is 2. The normalized spacial score (nSPS) is 16.5. The molecule has 0 saturated heterocycles. The predicted molar refractivity (Wildman–Crippen MR) is 94.0 cm³/mol. The minimum absolute atomic E-state index is 0.0318. The van der Waals surface area contributed by atoms with Gasteiger partial charge in [0.2, 0.25) is 0 Å². The summed E-state index contributed by atoms with van der Waals surface area (Å²) in [7, 11) is 0. The Morgan fingerprint density at radius 1 is 1.35 bits per heavy atom. The van der Waals surface area contributed by atoms with Gasteiger partial charge in [0.15, 0.2) is 0 Å². The lowest BCUT2D eigenvalue weighted by Crippen LogP contribution is -2.36. The van der Waals surface area contributed by atoms with Crippen LogP contribution in [0.25, 0.3) is 0 Å². The molecule has 4 heteroatoms. The lowest BCUT2D eigenvalue weighted by molar-refractivity contribution is 0.0976. The molecule has 1 unspecified atom stereocenters. The van der Waals surface area contributed by atoms with Crippen LogP contribution in [0.2, 0.25) is 0 Å². The summed E-state index contributed by atoms with van der Waals surface area (Å²) in [5.74, 6) is 0.517. The van der Waals surface area contributed by atoms with Crippen molar-refractivity contribution in [3.63, 3.8) is 0 Å². The van der Waals surface area contributed by atoms with Gasteiger partial charge in [-0.25, -0.2) is 0 Å². The zero-order chi connectivity index (χ0) is 16.4. The van der Waals surface area contributed by atoms with Gasteiger partial charge in [-0.3, -0.25) is 9.78 Å². The quantitative estimate of drug-likeness (QED) is 0.935. The first-order chi connectivity index (χ1) is 11.1. The Labute approximate surface area is 137 Å². The minimum Gasteiger partial charge on any atom is -0.385 e. The molecule has 0 fully saturated rings. The molecule has 3 rings (SSSR count). The van der Waals surface area contributed by atoms with Crippen LogP contribution < -0.4 is 10.2 Å². The van der Waals surface area contributed by atoms with E-state index in [9.17, 15) is 4.79 Å². The van der Waals surface area contributed by atoms with Gasteiger partial charge in [0.25, 0.3) is 5.91 Å². The molecule has 120 valence electrons. The Hall–Kier alpha value is -2.36. The second kappa shape index (κ2) is 6.41. The van der Waals surface area contributed by atoms with Crippen molar-refractivity contribution in [3.8, 4) is 0 Å². The number of hydrogen-bond acceptors (Lipinski definition) is 3. The van der Waals surface area contributed by atoms with Crippen molar-refractivity contribution in [2.24, 2.45) is 5.92 Å². The van der Waals surface area contributed by atoms with Crippen LogP contribution >= 0.6 is 0 Å². The second-order valence-corrected chi connectivity index (χ2v) is 6.56. The topological polar surface area (TPSA) is 45.2 Å². The molecule has 0 aliphatic carbocycles. The van der Waals surface area contributed by atoms with E-state index in [-0.39, 0.29) is 11.9 Å². The van der Waals surface area contributed by atoms with Crippen molar-refractivity contribution in [1.82, 2.24) is 4.98 Å². The number of rotatable bonds is 4. The summed E-state index contributed by atoms with van der Waals surface area (Å²) in [5, 5.41) is 3.35. The van der Waals surface area contributed by atoms with Crippen LogP contribution in [0, 0.1) is 5.92 Å². The molecular weight excluding hydrogens is 286 g/mol. The number of para-hydroxylation sites is 1. The molecule has 23 heavy (non-hydrogen) atoms. The van der Waals surface area contributed by atoms with Crippen LogP contribution in [0.15, 0.2) is 42.6 Å². The Bertz CT molecular complexity index is 711. The van der Waals surface area contributed by atoms with Crippen molar-refractivity contribution in [3.05, 3.63) is 53.9 Å². The molecule has 2 heterocycles. The van der Waals surface area contributed by atoms with Gasteiger partial charge in [0.05, 0.1) is 0 Å². The Kier molecular flexibility index (Phi) is 4.33. The van der Waals surface area contributed by atoms with Gasteiger partial charge < -0.3 is 10.2 Å². The summed E-state index contributed by atoms with van der Waals surface area (Å²) in [4.78, 5) is 19.1. The number of fused-ring (bicyclic) bond motifs is 1. The van der Waals surface area contributed by atoms with E-state index in [2.05, 4.69) is 37.1 Å². The van der Waals surface area contributed by atoms with Crippen molar-refractivity contribution in [2.75, 3.05) is 16.8 Å². The van der Waals surface area contributed by atoms with Gasteiger partial charge in [0.1, 0.15) is 5.69 Å². The number of nitrogens with zero attached hydrogens (tertiary/aromatic N) is 2. The summed E-state index contributed by atoms with van der Waals surface area (Å²) in [6.45, 7) is 7.27. The van der Waals surface area contributed by atoms with Crippen LogP contribution in [0.1, 0.15) is 36.8 Å².